The molecule has 1 aromatic rings. The Bertz CT molecular complexity index is 381. The average molecular weight is 295 g/mol. The molecule has 1 N–H and O–H groups in total. The zero-order valence-electron chi connectivity index (χ0n) is 13.5. The standard InChI is InChI=1S/C17H29NOS/c1-6-10-18-17(12-20-14(4)13(2)3)15-8-7-9-16(11-15)19-5/h7-9,11,13-14,17-18H,6,10,12H2,1-5H3. The third-order valence-electron chi connectivity index (χ3n) is 3.60. The molecule has 2 unspecified atom stereocenters. The van der Waals surface area contributed by atoms with Crippen molar-refractivity contribution in [2.75, 3.05) is 19.4 Å². The van der Waals surface area contributed by atoms with Crippen molar-refractivity contribution in [3.05, 3.63) is 29.8 Å². The molecule has 0 aromatic heterocycles. The summed E-state index contributed by atoms with van der Waals surface area (Å²) in [5, 5.41) is 4.34. The molecule has 1 rings (SSSR count). The minimum Gasteiger partial charge on any atom is -0.497 e. The molecular weight excluding hydrogens is 266 g/mol. The molecule has 2 atom stereocenters. The largest absolute Gasteiger partial charge is 0.497 e. The predicted octanol–water partition coefficient (Wildman–Crippen LogP) is 4.51. The molecule has 3 heteroatoms. The van der Waals surface area contributed by atoms with Crippen LogP contribution in [0.25, 0.3) is 0 Å². The Balaban J connectivity index is 2.71. The molecule has 0 bridgehead atoms. The van der Waals surface area contributed by atoms with Gasteiger partial charge in [0.2, 0.25) is 0 Å². The van der Waals surface area contributed by atoms with Crippen molar-refractivity contribution in [2.24, 2.45) is 5.92 Å². The minimum atomic E-state index is 0.399. The molecule has 0 amide bonds. The van der Waals surface area contributed by atoms with E-state index in [1.807, 2.05) is 17.8 Å². The first-order chi connectivity index (χ1) is 9.58. The summed E-state index contributed by atoms with van der Waals surface area (Å²) in [6.07, 6.45) is 1.16. The van der Waals surface area contributed by atoms with Crippen molar-refractivity contribution in [1.82, 2.24) is 5.32 Å². The fourth-order valence-corrected chi connectivity index (χ4v) is 3.08. The Hall–Kier alpha value is -0.670. The smallest absolute Gasteiger partial charge is 0.119 e. The number of nitrogens with one attached hydrogen (secondary N) is 1. The Labute approximate surface area is 128 Å². The van der Waals surface area contributed by atoms with Crippen LogP contribution in [0.1, 0.15) is 45.7 Å². The van der Waals surface area contributed by atoms with Crippen LogP contribution < -0.4 is 10.1 Å². The molecule has 0 fully saturated rings. The van der Waals surface area contributed by atoms with E-state index in [0.717, 1.165) is 30.4 Å². The summed E-state index contributed by atoms with van der Waals surface area (Å²) in [5.41, 5.74) is 1.32. The average Bonchev–Trinajstić information content (AvgIpc) is 2.47. The first-order valence-corrected chi connectivity index (χ1v) is 8.62. The van der Waals surface area contributed by atoms with E-state index in [1.54, 1.807) is 7.11 Å². The highest BCUT2D eigenvalue weighted by atomic mass is 32.2. The van der Waals surface area contributed by atoms with Gasteiger partial charge in [0.05, 0.1) is 7.11 Å². The van der Waals surface area contributed by atoms with Crippen molar-refractivity contribution in [2.45, 2.75) is 45.4 Å². The Morgan fingerprint density at radius 2 is 2.00 bits per heavy atom. The number of rotatable bonds is 9. The lowest BCUT2D eigenvalue weighted by Crippen LogP contribution is -2.25. The third-order valence-corrected chi connectivity index (χ3v) is 5.20. The summed E-state index contributed by atoms with van der Waals surface area (Å²) < 4.78 is 5.34. The minimum absolute atomic E-state index is 0.399. The molecule has 0 saturated heterocycles. The van der Waals surface area contributed by atoms with Gasteiger partial charge in [0.25, 0.3) is 0 Å². The highest BCUT2D eigenvalue weighted by Gasteiger charge is 2.15. The Morgan fingerprint density at radius 3 is 2.60 bits per heavy atom. The van der Waals surface area contributed by atoms with Crippen molar-refractivity contribution < 1.29 is 4.74 Å². The van der Waals surface area contributed by atoms with E-state index in [9.17, 15) is 0 Å². The van der Waals surface area contributed by atoms with Gasteiger partial charge in [-0.15, -0.1) is 0 Å². The summed E-state index contributed by atoms with van der Waals surface area (Å²) >= 11 is 2.05. The fourth-order valence-electron chi connectivity index (χ4n) is 1.89. The molecule has 20 heavy (non-hydrogen) atoms. The molecular formula is C17H29NOS. The SMILES string of the molecule is CCCNC(CSC(C)C(C)C)c1cccc(OC)c1. The number of methoxy groups -OCH3 is 1. The van der Waals surface area contributed by atoms with Crippen LogP contribution in [-0.4, -0.2) is 24.7 Å². The second-order valence-electron chi connectivity index (χ2n) is 5.57. The van der Waals surface area contributed by atoms with E-state index < -0.39 is 0 Å². The van der Waals surface area contributed by atoms with Gasteiger partial charge in [-0.25, -0.2) is 0 Å². The van der Waals surface area contributed by atoms with Gasteiger partial charge in [0.1, 0.15) is 5.75 Å². The van der Waals surface area contributed by atoms with Crippen LogP contribution in [0.4, 0.5) is 0 Å². The molecule has 0 saturated carbocycles. The Morgan fingerprint density at radius 1 is 1.25 bits per heavy atom. The zero-order valence-corrected chi connectivity index (χ0v) is 14.3. The van der Waals surface area contributed by atoms with E-state index in [-0.39, 0.29) is 0 Å². The highest BCUT2D eigenvalue weighted by Crippen LogP contribution is 2.26. The topological polar surface area (TPSA) is 21.3 Å². The van der Waals surface area contributed by atoms with Crippen molar-refractivity contribution >= 4 is 11.8 Å². The second-order valence-corrected chi connectivity index (χ2v) is 6.98. The lowest BCUT2D eigenvalue weighted by atomic mass is 10.1. The lowest BCUT2D eigenvalue weighted by Gasteiger charge is -2.22. The Kier molecular flexibility index (Phi) is 8.08. The molecule has 1 aromatic carbocycles. The lowest BCUT2D eigenvalue weighted by molar-refractivity contribution is 0.413. The van der Waals surface area contributed by atoms with E-state index in [4.69, 9.17) is 4.74 Å². The van der Waals surface area contributed by atoms with Crippen LogP contribution in [0.5, 0.6) is 5.75 Å². The van der Waals surface area contributed by atoms with E-state index in [2.05, 4.69) is 51.2 Å². The molecule has 0 aliphatic carbocycles. The summed E-state index contributed by atoms with van der Waals surface area (Å²) in [7, 11) is 1.73. The molecule has 114 valence electrons. The zero-order chi connectivity index (χ0) is 15.0. The third kappa shape index (κ3) is 5.76. The number of ether oxygens (including phenoxy) is 1. The van der Waals surface area contributed by atoms with Crippen LogP contribution in [-0.2, 0) is 0 Å². The first kappa shape index (κ1) is 17.4. The van der Waals surface area contributed by atoms with Crippen LogP contribution >= 0.6 is 11.8 Å². The summed E-state index contributed by atoms with van der Waals surface area (Å²) in [4.78, 5) is 0. The summed E-state index contributed by atoms with van der Waals surface area (Å²) in [6, 6.07) is 8.82. The van der Waals surface area contributed by atoms with E-state index >= 15 is 0 Å². The first-order valence-electron chi connectivity index (χ1n) is 7.57. The number of benzene rings is 1. The monoisotopic (exact) mass is 295 g/mol. The maximum Gasteiger partial charge on any atom is 0.119 e. The summed E-state index contributed by atoms with van der Waals surface area (Å²) in [6.45, 7) is 10.2. The highest BCUT2D eigenvalue weighted by molar-refractivity contribution is 7.99. The van der Waals surface area contributed by atoms with Gasteiger partial charge in [-0.2, -0.15) is 11.8 Å². The molecule has 2 nitrogen and oxygen atoms in total. The summed E-state index contributed by atoms with van der Waals surface area (Å²) in [5.74, 6) is 2.76. The molecule has 0 aliphatic rings. The second kappa shape index (κ2) is 9.30. The molecule has 0 radical (unpaired) electrons. The molecule has 0 heterocycles. The van der Waals surface area contributed by atoms with E-state index in [0.29, 0.717) is 11.3 Å². The van der Waals surface area contributed by atoms with E-state index in [1.165, 1.54) is 5.56 Å². The molecule has 0 spiro atoms. The van der Waals surface area contributed by atoms with Crippen LogP contribution in [0, 0.1) is 5.92 Å². The predicted molar refractivity (Wildman–Crippen MR) is 90.8 cm³/mol. The van der Waals surface area contributed by atoms with Gasteiger partial charge in [0.15, 0.2) is 0 Å². The van der Waals surface area contributed by atoms with Gasteiger partial charge in [-0.3, -0.25) is 0 Å². The van der Waals surface area contributed by atoms with Crippen molar-refractivity contribution in [1.29, 1.82) is 0 Å². The van der Waals surface area contributed by atoms with Gasteiger partial charge < -0.3 is 10.1 Å². The van der Waals surface area contributed by atoms with Gasteiger partial charge >= 0.3 is 0 Å². The maximum atomic E-state index is 5.34. The fraction of sp³-hybridized carbons (Fsp3) is 0.647. The quantitative estimate of drug-likeness (QED) is 0.724. The van der Waals surface area contributed by atoms with Crippen LogP contribution in [0.15, 0.2) is 24.3 Å². The van der Waals surface area contributed by atoms with Crippen molar-refractivity contribution in [3.63, 3.8) is 0 Å². The normalized spacial score (nSPS) is 14.3. The van der Waals surface area contributed by atoms with Gasteiger partial charge in [0, 0.05) is 17.0 Å². The van der Waals surface area contributed by atoms with Crippen molar-refractivity contribution in [3.8, 4) is 5.75 Å². The number of hydrogen-bond acceptors (Lipinski definition) is 3. The van der Waals surface area contributed by atoms with Gasteiger partial charge in [-0.1, -0.05) is 39.8 Å². The molecule has 0 aliphatic heterocycles. The van der Waals surface area contributed by atoms with Gasteiger partial charge in [-0.05, 0) is 36.6 Å². The number of thioether (sulfide) groups is 1. The maximum absolute atomic E-state index is 5.34. The van der Waals surface area contributed by atoms with Crippen LogP contribution in [0.2, 0.25) is 0 Å². The number of hydrogen-bond donors (Lipinski definition) is 1. The van der Waals surface area contributed by atoms with Crippen LogP contribution in [0.3, 0.4) is 0 Å².